The minimum atomic E-state index is -2.05. The van der Waals surface area contributed by atoms with Gasteiger partial charge in [0, 0.05) is 0 Å². The van der Waals surface area contributed by atoms with Crippen LogP contribution in [-0.2, 0) is 21.8 Å². The van der Waals surface area contributed by atoms with Gasteiger partial charge in [0.1, 0.15) is 0 Å². The molecule has 123 valence electrons. The first-order valence-electron chi connectivity index (χ1n) is 6.56. The summed E-state index contributed by atoms with van der Waals surface area (Å²) in [7, 11) is -6.55. The van der Waals surface area contributed by atoms with Crippen LogP contribution < -0.4 is 0 Å². The molecule has 0 N–H and O–H groups in total. The monoisotopic (exact) mass is 615 g/mol. The summed E-state index contributed by atoms with van der Waals surface area (Å²) >= 11 is 4.74. The van der Waals surface area contributed by atoms with Crippen LogP contribution in [0, 0.1) is 0 Å². The van der Waals surface area contributed by atoms with Crippen LogP contribution in [-0.4, -0.2) is 33.8 Å². The van der Waals surface area contributed by atoms with Crippen molar-refractivity contribution in [3.63, 3.8) is 0 Å². The second-order valence-corrected chi connectivity index (χ2v) is 35.7. The van der Waals surface area contributed by atoms with E-state index >= 15 is 0 Å². The van der Waals surface area contributed by atoms with E-state index in [1.165, 1.54) is 0 Å². The molecule has 0 spiro atoms. The van der Waals surface area contributed by atoms with Crippen molar-refractivity contribution >= 4 is 73.7 Å². The Hall–Kier alpha value is 2.79. The van der Waals surface area contributed by atoms with Gasteiger partial charge in [-0.1, -0.05) is 0 Å². The third-order valence-electron chi connectivity index (χ3n) is 1.60. The fourth-order valence-corrected chi connectivity index (χ4v) is 19.7. The Morgan fingerprint density at radius 1 is 0.550 bits per heavy atom. The Morgan fingerprint density at radius 3 is 0.900 bits per heavy atom. The van der Waals surface area contributed by atoms with Crippen LogP contribution in [0.15, 0.2) is 0 Å². The number of hydrogen-bond acceptors (Lipinski definition) is 3. The molecule has 0 radical (unpaired) electrons. The molecule has 20 heavy (non-hydrogen) atoms. The standard InChI is InChI=1S/C10H30O3Si4.2HI.V/c1-14(2,3)11-16(7,8)13-17(9,10)12-15(4,5)6;;;/h1-10H3;2*1H;/q;;;+2/p-2. The molecule has 0 aliphatic rings. The molecule has 0 aliphatic carbocycles. The van der Waals surface area contributed by atoms with E-state index in [0.29, 0.717) is 9.47 Å². The second kappa shape index (κ2) is 9.94. The van der Waals surface area contributed by atoms with Gasteiger partial charge in [0.2, 0.25) is 0 Å². The van der Waals surface area contributed by atoms with E-state index in [1.54, 1.807) is 0 Å². The third-order valence-corrected chi connectivity index (χ3v) is 14.4. The second-order valence-electron chi connectivity index (χ2n) is 7.39. The van der Waals surface area contributed by atoms with Crippen LogP contribution in [0.2, 0.25) is 65.5 Å². The van der Waals surface area contributed by atoms with Crippen LogP contribution >= 0.6 is 40.0 Å². The summed E-state index contributed by atoms with van der Waals surface area (Å²) in [6.45, 7) is 21.8. The van der Waals surface area contributed by atoms with Crippen LogP contribution in [0.4, 0.5) is 0 Å². The molecule has 10 heteroatoms. The summed E-state index contributed by atoms with van der Waals surface area (Å²) in [6, 6.07) is 0. The quantitative estimate of drug-likeness (QED) is 0.276. The molecule has 0 fully saturated rings. The Labute approximate surface area is 159 Å². The van der Waals surface area contributed by atoms with E-state index < -0.39 is 33.8 Å². The van der Waals surface area contributed by atoms with Gasteiger partial charge in [-0.15, -0.1) is 0 Å². The Balaban J connectivity index is 0. The maximum atomic E-state index is 6.28. The molecule has 0 rings (SSSR count). The van der Waals surface area contributed by atoms with Crippen LogP contribution in [0.5, 0.6) is 0 Å². The molecular formula is C10H30I2O3Si4V. The van der Waals surface area contributed by atoms with Gasteiger partial charge in [-0.05, 0) is 65.5 Å². The van der Waals surface area contributed by atoms with Gasteiger partial charge < -0.3 is 12.3 Å². The Bertz CT molecular complexity index is 255. The summed E-state index contributed by atoms with van der Waals surface area (Å²) in [5.41, 5.74) is 0. The van der Waals surface area contributed by atoms with E-state index in [0.717, 1.165) is 0 Å². The van der Waals surface area contributed by atoms with E-state index in [1.807, 2.05) is 0 Å². The molecule has 0 bridgehead atoms. The number of halogens is 2. The van der Waals surface area contributed by atoms with Gasteiger partial charge in [0.25, 0.3) is 0 Å². The fourth-order valence-electron chi connectivity index (χ4n) is 2.11. The molecule has 0 aliphatic heterocycles. The maximum absolute atomic E-state index is 6.28. The van der Waals surface area contributed by atoms with Crippen molar-refractivity contribution in [3.05, 3.63) is 0 Å². The summed E-state index contributed by atoms with van der Waals surface area (Å²) < 4.78 is 18.7. The first kappa shape index (κ1) is 25.0. The van der Waals surface area contributed by atoms with E-state index in [2.05, 4.69) is 105 Å². The first-order chi connectivity index (χ1) is 8.54. The van der Waals surface area contributed by atoms with Gasteiger partial charge in [-0.2, -0.15) is 0 Å². The van der Waals surface area contributed by atoms with Crippen LogP contribution in [0.25, 0.3) is 0 Å². The molecule has 0 atom stereocenters. The van der Waals surface area contributed by atoms with Gasteiger partial charge in [0.05, 0.1) is 0 Å². The van der Waals surface area contributed by atoms with Crippen molar-refractivity contribution in [2.45, 2.75) is 65.5 Å². The number of hydrogen-bond donors (Lipinski definition) is 0. The molecule has 0 unspecified atom stereocenters. The molecule has 3 nitrogen and oxygen atoms in total. The van der Waals surface area contributed by atoms with Crippen molar-refractivity contribution in [3.8, 4) is 0 Å². The SMILES string of the molecule is C[Si](C)(C)O[Si](C)(C)O[Si](C)(C)O[Si](C)(C)C.[I][V][I]. The molecule has 0 saturated carbocycles. The zero-order valence-corrected chi connectivity index (χ0v) is 24.1. The normalized spacial score (nSPS) is 13.6. The molecule has 0 aromatic heterocycles. The van der Waals surface area contributed by atoms with Crippen LogP contribution in [0.1, 0.15) is 0 Å². The van der Waals surface area contributed by atoms with Crippen molar-refractivity contribution < 1.29 is 21.8 Å². The summed E-state index contributed by atoms with van der Waals surface area (Å²) in [4.78, 5) is 0. The predicted octanol–water partition coefficient (Wildman–Crippen LogP) is 5.88. The molecule has 0 aromatic rings. The summed E-state index contributed by atoms with van der Waals surface area (Å²) in [6.07, 6.45) is 0. The molecule has 0 saturated heterocycles. The van der Waals surface area contributed by atoms with Crippen molar-refractivity contribution in [2.24, 2.45) is 0 Å². The topological polar surface area (TPSA) is 27.7 Å². The first-order valence-corrected chi connectivity index (χ1v) is 28.0. The minimum absolute atomic E-state index is 0.628. The molecule has 0 aromatic carbocycles. The van der Waals surface area contributed by atoms with E-state index in [-0.39, 0.29) is 0 Å². The summed E-state index contributed by atoms with van der Waals surface area (Å²) in [5.74, 6) is 0. The van der Waals surface area contributed by atoms with E-state index in [9.17, 15) is 0 Å². The Kier molecular flexibility index (Phi) is 12.4. The fraction of sp³-hybridized carbons (Fsp3) is 1.00. The van der Waals surface area contributed by atoms with Crippen molar-refractivity contribution in [2.75, 3.05) is 0 Å². The van der Waals surface area contributed by atoms with Gasteiger partial charge in [0.15, 0.2) is 16.6 Å². The van der Waals surface area contributed by atoms with Gasteiger partial charge in [-0.3, -0.25) is 0 Å². The third kappa shape index (κ3) is 18.8. The average Bonchev–Trinajstić information content (AvgIpc) is 1.89. The zero-order valence-electron chi connectivity index (χ0n) is 14.4. The molecular weight excluding hydrogens is 585 g/mol. The zero-order chi connectivity index (χ0) is 16.8. The average molecular weight is 615 g/mol. The van der Waals surface area contributed by atoms with Crippen LogP contribution in [0.3, 0.4) is 0 Å². The van der Waals surface area contributed by atoms with Gasteiger partial charge in [-0.25, -0.2) is 0 Å². The molecule has 0 heterocycles. The molecule has 0 amide bonds. The van der Waals surface area contributed by atoms with E-state index in [4.69, 9.17) is 12.3 Å². The van der Waals surface area contributed by atoms with Crippen molar-refractivity contribution in [1.29, 1.82) is 0 Å². The number of rotatable bonds is 6. The van der Waals surface area contributed by atoms with Crippen molar-refractivity contribution in [1.82, 2.24) is 0 Å². The summed E-state index contributed by atoms with van der Waals surface area (Å²) in [5, 5.41) is 0. The predicted molar refractivity (Wildman–Crippen MR) is 113 cm³/mol. The Morgan fingerprint density at radius 2 is 0.750 bits per heavy atom. The van der Waals surface area contributed by atoms with Gasteiger partial charge >= 0.3 is 66.5 Å².